The summed E-state index contributed by atoms with van der Waals surface area (Å²) in [6.07, 6.45) is 2.54. The first-order valence-electron chi connectivity index (χ1n) is 6.22. The summed E-state index contributed by atoms with van der Waals surface area (Å²) in [6, 6.07) is 5.11. The molecular formula is C14H19BrFN. The molecule has 94 valence electrons. The predicted molar refractivity (Wildman–Crippen MR) is 72.9 cm³/mol. The minimum atomic E-state index is -0.135. The van der Waals surface area contributed by atoms with Crippen LogP contribution in [0.3, 0.4) is 0 Å². The third-order valence-corrected chi connectivity index (χ3v) is 4.54. The molecule has 0 radical (unpaired) electrons. The molecule has 0 unspecified atom stereocenters. The molecule has 1 aromatic carbocycles. The molecule has 0 N–H and O–H groups in total. The standard InChI is InChI=1S/C14H19BrFN/c1-11-8-14(16)3-2-13(11)10-17-6-4-12(9-15)5-7-17/h2-3,8,12H,4-7,9-10H2,1H3. The van der Waals surface area contributed by atoms with Crippen molar-refractivity contribution in [1.29, 1.82) is 0 Å². The van der Waals surface area contributed by atoms with Crippen molar-refractivity contribution in [2.24, 2.45) is 5.92 Å². The third kappa shape index (κ3) is 3.52. The highest BCUT2D eigenvalue weighted by Gasteiger charge is 2.18. The predicted octanol–water partition coefficient (Wildman–Crippen LogP) is 3.74. The number of benzene rings is 1. The van der Waals surface area contributed by atoms with Crippen molar-refractivity contribution >= 4 is 15.9 Å². The Hall–Kier alpha value is -0.410. The summed E-state index contributed by atoms with van der Waals surface area (Å²) in [7, 11) is 0. The monoisotopic (exact) mass is 299 g/mol. The van der Waals surface area contributed by atoms with Crippen LogP contribution in [-0.2, 0) is 6.54 Å². The number of halogens is 2. The SMILES string of the molecule is Cc1cc(F)ccc1CN1CCC(CBr)CC1. The van der Waals surface area contributed by atoms with Crippen molar-refractivity contribution in [3.63, 3.8) is 0 Å². The first-order valence-corrected chi connectivity index (χ1v) is 7.34. The highest BCUT2D eigenvalue weighted by molar-refractivity contribution is 9.09. The molecule has 1 fully saturated rings. The summed E-state index contributed by atoms with van der Waals surface area (Å²) in [6.45, 7) is 5.27. The normalized spacial score (nSPS) is 18.5. The van der Waals surface area contributed by atoms with Crippen LogP contribution >= 0.6 is 15.9 Å². The Bertz CT molecular complexity index is 372. The van der Waals surface area contributed by atoms with E-state index in [-0.39, 0.29) is 5.82 Å². The highest BCUT2D eigenvalue weighted by Crippen LogP contribution is 2.21. The van der Waals surface area contributed by atoms with Gasteiger partial charge in [0.1, 0.15) is 5.82 Å². The molecule has 0 spiro atoms. The molecule has 1 saturated heterocycles. The van der Waals surface area contributed by atoms with Gasteiger partial charge in [-0.25, -0.2) is 4.39 Å². The molecular weight excluding hydrogens is 281 g/mol. The van der Waals surface area contributed by atoms with Crippen LogP contribution in [-0.4, -0.2) is 23.3 Å². The van der Waals surface area contributed by atoms with Gasteiger partial charge in [-0.1, -0.05) is 22.0 Å². The van der Waals surface area contributed by atoms with Crippen LogP contribution in [0.2, 0.25) is 0 Å². The quantitative estimate of drug-likeness (QED) is 0.769. The summed E-state index contributed by atoms with van der Waals surface area (Å²) in [5.74, 6) is 0.699. The second-order valence-electron chi connectivity index (χ2n) is 4.94. The maximum Gasteiger partial charge on any atom is 0.123 e. The summed E-state index contributed by atoms with van der Waals surface area (Å²) in [5.41, 5.74) is 2.32. The zero-order valence-corrected chi connectivity index (χ0v) is 11.8. The van der Waals surface area contributed by atoms with E-state index >= 15 is 0 Å². The van der Waals surface area contributed by atoms with Crippen LogP contribution in [0.5, 0.6) is 0 Å². The van der Waals surface area contributed by atoms with Gasteiger partial charge in [0.15, 0.2) is 0 Å². The number of alkyl halides is 1. The number of aryl methyl sites for hydroxylation is 1. The zero-order chi connectivity index (χ0) is 12.3. The van der Waals surface area contributed by atoms with Crippen molar-refractivity contribution in [3.05, 3.63) is 35.1 Å². The van der Waals surface area contributed by atoms with E-state index in [1.165, 1.54) is 18.4 Å². The summed E-state index contributed by atoms with van der Waals surface area (Å²) < 4.78 is 13.0. The van der Waals surface area contributed by atoms with Gasteiger partial charge in [-0.2, -0.15) is 0 Å². The van der Waals surface area contributed by atoms with Gasteiger partial charge in [0.25, 0.3) is 0 Å². The van der Waals surface area contributed by atoms with Crippen LogP contribution in [0.25, 0.3) is 0 Å². The van der Waals surface area contributed by atoms with Crippen molar-refractivity contribution in [2.75, 3.05) is 18.4 Å². The van der Waals surface area contributed by atoms with E-state index in [0.717, 1.165) is 36.4 Å². The lowest BCUT2D eigenvalue weighted by molar-refractivity contribution is 0.187. The minimum Gasteiger partial charge on any atom is -0.299 e. The van der Waals surface area contributed by atoms with Crippen molar-refractivity contribution in [1.82, 2.24) is 4.90 Å². The largest absolute Gasteiger partial charge is 0.299 e. The number of rotatable bonds is 3. The Morgan fingerprint density at radius 2 is 2.06 bits per heavy atom. The molecule has 1 nitrogen and oxygen atoms in total. The van der Waals surface area contributed by atoms with Gasteiger partial charge in [-0.3, -0.25) is 4.90 Å². The first-order chi connectivity index (χ1) is 8.19. The lowest BCUT2D eigenvalue weighted by Gasteiger charge is -2.31. The van der Waals surface area contributed by atoms with E-state index in [4.69, 9.17) is 0 Å². The molecule has 1 heterocycles. The molecule has 1 aliphatic rings. The van der Waals surface area contributed by atoms with Gasteiger partial charge in [0, 0.05) is 11.9 Å². The average Bonchev–Trinajstić information content (AvgIpc) is 2.34. The van der Waals surface area contributed by atoms with E-state index in [9.17, 15) is 4.39 Å². The van der Waals surface area contributed by atoms with Crippen molar-refractivity contribution < 1.29 is 4.39 Å². The van der Waals surface area contributed by atoms with E-state index in [1.807, 2.05) is 13.0 Å². The second-order valence-corrected chi connectivity index (χ2v) is 5.59. The fourth-order valence-corrected chi connectivity index (χ4v) is 3.02. The van der Waals surface area contributed by atoms with E-state index in [0.29, 0.717) is 0 Å². The molecule has 0 bridgehead atoms. The summed E-state index contributed by atoms with van der Waals surface area (Å²) in [4.78, 5) is 2.47. The van der Waals surface area contributed by atoms with Gasteiger partial charge >= 0.3 is 0 Å². The van der Waals surface area contributed by atoms with Crippen LogP contribution < -0.4 is 0 Å². The van der Waals surface area contributed by atoms with Crippen molar-refractivity contribution in [2.45, 2.75) is 26.3 Å². The van der Waals surface area contributed by atoms with Gasteiger partial charge < -0.3 is 0 Å². The van der Waals surface area contributed by atoms with Gasteiger partial charge in [0.05, 0.1) is 0 Å². The number of piperidine rings is 1. The van der Waals surface area contributed by atoms with Crippen LogP contribution in [0.15, 0.2) is 18.2 Å². The zero-order valence-electron chi connectivity index (χ0n) is 10.3. The fraction of sp³-hybridized carbons (Fsp3) is 0.571. The van der Waals surface area contributed by atoms with Crippen molar-refractivity contribution in [3.8, 4) is 0 Å². The molecule has 3 heteroatoms. The maximum absolute atomic E-state index is 13.0. The second kappa shape index (κ2) is 5.96. The van der Waals surface area contributed by atoms with E-state index in [2.05, 4.69) is 20.8 Å². The van der Waals surface area contributed by atoms with Crippen LogP contribution in [0, 0.1) is 18.7 Å². The van der Waals surface area contributed by atoms with E-state index in [1.54, 1.807) is 12.1 Å². The van der Waals surface area contributed by atoms with E-state index < -0.39 is 0 Å². The fourth-order valence-electron chi connectivity index (χ4n) is 2.38. The summed E-state index contributed by atoms with van der Waals surface area (Å²) >= 11 is 3.56. The molecule has 0 aliphatic carbocycles. The van der Waals surface area contributed by atoms with Crippen LogP contribution in [0.4, 0.5) is 4.39 Å². The number of hydrogen-bond acceptors (Lipinski definition) is 1. The Labute approximate surface area is 111 Å². The Morgan fingerprint density at radius 1 is 1.35 bits per heavy atom. The topological polar surface area (TPSA) is 3.24 Å². The molecule has 1 aromatic rings. The number of nitrogens with zero attached hydrogens (tertiary/aromatic N) is 1. The average molecular weight is 300 g/mol. The Kier molecular flexibility index (Phi) is 4.57. The minimum absolute atomic E-state index is 0.135. The molecule has 0 atom stereocenters. The lowest BCUT2D eigenvalue weighted by atomic mass is 9.98. The molecule has 0 amide bonds. The molecule has 0 aromatic heterocycles. The third-order valence-electron chi connectivity index (χ3n) is 3.62. The highest BCUT2D eigenvalue weighted by atomic mass is 79.9. The summed E-state index contributed by atoms with van der Waals surface area (Å²) in [5, 5.41) is 1.12. The number of hydrogen-bond donors (Lipinski definition) is 0. The lowest BCUT2D eigenvalue weighted by Crippen LogP contribution is -2.33. The Morgan fingerprint density at radius 3 is 2.65 bits per heavy atom. The van der Waals surface area contributed by atoms with Gasteiger partial charge in [-0.05, 0) is 62.0 Å². The molecule has 17 heavy (non-hydrogen) atoms. The van der Waals surface area contributed by atoms with Crippen LogP contribution in [0.1, 0.15) is 24.0 Å². The Balaban J connectivity index is 1.93. The van der Waals surface area contributed by atoms with Gasteiger partial charge in [0.2, 0.25) is 0 Å². The smallest absolute Gasteiger partial charge is 0.123 e. The maximum atomic E-state index is 13.0. The molecule has 1 aliphatic heterocycles. The van der Waals surface area contributed by atoms with Gasteiger partial charge in [-0.15, -0.1) is 0 Å². The first kappa shape index (κ1) is 13.0. The molecule has 0 saturated carbocycles. The number of likely N-dealkylation sites (tertiary alicyclic amines) is 1. The molecule has 2 rings (SSSR count).